The topological polar surface area (TPSA) is 12.9 Å². The van der Waals surface area contributed by atoms with Crippen LogP contribution >= 0.6 is 0 Å². The second-order valence-corrected chi connectivity index (χ2v) is 10.3. The Morgan fingerprint density at radius 3 is 2.67 bits per heavy atom. The molecule has 0 spiro atoms. The van der Waals surface area contributed by atoms with Gasteiger partial charge in [0.15, 0.2) is 0 Å². The molecule has 0 aromatic carbocycles. The average Bonchev–Trinajstić information content (AvgIpc) is 3.00. The van der Waals surface area contributed by atoms with Gasteiger partial charge in [0.1, 0.15) is 0 Å². The van der Waals surface area contributed by atoms with E-state index in [9.17, 15) is 8.78 Å². The van der Waals surface area contributed by atoms with Crippen molar-refractivity contribution in [1.29, 1.82) is 0 Å². The smallest absolute Gasteiger partial charge is 0.248 e. The lowest BCUT2D eigenvalue weighted by molar-refractivity contribution is -0.157. The van der Waals surface area contributed by atoms with E-state index in [1.165, 1.54) is 24.0 Å². The first-order chi connectivity index (χ1) is 12.8. The third-order valence-electron chi connectivity index (χ3n) is 9.19. The van der Waals surface area contributed by atoms with Crippen molar-refractivity contribution in [1.82, 2.24) is 4.98 Å². The number of allylic oxidation sites excluding steroid dienone is 2. The van der Waals surface area contributed by atoms with E-state index in [1.807, 2.05) is 18.5 Å². The second kappa shape index (κ2) is 5.87. The molecule has 1 aromatic heterocycles. The van der Waals surface area contributed by atoms with E-state index in [0.717, 1.165) is 25.7 Å². The number of alkyl halides is 2. The maximum absolute atomic E-state index is 14.1. The molecule has 27 heavy (non-hydrogen) atoms. The van der Waals surface area contributed by atoms with Gasteiger partial charge in [-0.15, -0.1) is 0 Å². The fraction of sp³-hybridized carbons (Fsp3) is 0.708. The molecule has 1 nitrogen and oxygen atoms in total. The third-order valence-corrected chi connectivity index (χ3v) is 9.19. The van der Waals surface area contributed by atoms with Crippen molar-refractivity contribution in [3.8, 4) is 0 Å². The summed E-state index contributed by atoms with van der Waals surface area (Å²) < 4.78 is 28.1. The van der Waals surface area contributed by atoms with E-state index in [1.54, 1.807) is 0 Å². The summed E-state index contributed by atoms with van der Waals surface area (Å²) >= 11 is 0. The predicted molar refractivity (Wildman–Crippen MR) is 104 cm³/mol. The van der Waals surface area contributed by atoms with Crippen molar-refractivity contribution in [3.05, 3.63) is 36.2 Å². The Balaban J connectivity index is 1.43. The first-order valence-corrected chi connectivity index (χ1v) is 10.8. The predicted octanol–water partition coefficient (Wildman–Crippen LogP) is 6.75. The highest BCUT2D eigenvalue weighted by Gasteiger charge is 2.60. The minimum absolute atomic E-state index is 0.102. The van der Waals surface area contributed by atoms with Crippen LogP contribution in [0.5, 0.6) is 0 Å². The molecule has 0 saturated heterocycles. The zero-order chi connectivity index (χ0) is 18.9. The molecule has 0 amide bonds. The van der Waals surface area contributed by atoms with Crippen LogP contribution < -0.4 is 0 Å². The van der Waals surface area contributed by atoms with Crippen LogP contribution in [-0.4, -0.2) is 10.9 Å². The number of aromatic nitrogens is 1. The molecule has 1 heterocycles. The first kappa shape index (κ1) is 17.8. The molecule has 0 aliphatic heterocycles. The summed E-state index contributed by atoms with van der Waals surface area (Å²) in [6.45, 7) is 4.82. The number of hydrogen-bond acceptors (Lipinski definition) is 1. The van der Waals surface area contributed by atoms with E-state index in [4.69, 9.17) is 0 Å². The molecule has 3 fully saturated rings. The summed E-state index contributed by atoms with van der Waals surface area (Å²) in [4.78, 5) is 4.35. The second-order valence-electron chi connectivity index (χ2n) is 10.3. The fourth-order valence-electron chi connectivity index (χ4n) is 7.71. The van der Waals surface area contributed by atoms with Gasteiger partial charge in [-0.05, 0) is 90.2 Å². The van der Waals surface area contributed by atoms with Gasteiger partial charge in [0.05, 0.1) is 0 Å². The van der Waals surface area contributed by atoms with Crippen LogP contribution in [0.15, 0.2) is 30.6 Å². The molecule has 3 saturated carbocycles. The highest BCUT2D eigenvalue weighted by atomic mass is 19.3. The standard InChI is InChI=1S/C24H31F2N/c1-22-11-12-24(25,26)14-17(22)5-6-18-20-8-7-19(16-4-3-13-27-15-16)23(20,2)10-9-21(18)22/h3-4,7,13,15,17-18,20-21H,5-6,8-12,14H2,1-2H3/t17?,18-,20-,21-,22-,23+/m0/s1. The molecule has 1 unspecified atom stereocenters. The molecule has 0 radical (unpaired) electrons. The summed E-state index contributed by atoms with van der Waals surface area (Å²) in [5.74, 6) is -0.206. The van der Waals surface area contributed by atoms with E-state index < -0.39 is 5.92 Å². The zero-order valence-electron chi connectivity index (χ0n) is 16.6. The maximum atomic E-state index is 14.1. The number of halogens is 2. The van der Waals surface area contributed by atoms with Gasteiger partial charge in [-0.25, -0.2) is 8.78 Å². The monoisotopic (exact) mass is 371 g/mol. The van der Waals surface area contributed by atoms with Crippen molar-refractivity contribution in [2.24, 2.45) is 34.5 Å². The van der Waals surface area contributed by atoms with Crippen molar-refractivity contribution in [2.75, 3.05) is 0 Å². The summed E-state index contributed by atoms with van der Waals surface area (Å²) in [5, 5.41) is 0. The largest absolute Gasteiger partial charge is 0.264 e. The lowest BCUT2D eigenvalue weighted by Gasteiger charge is -2.61. The molecule has 6 atom stereocenters. The van der Waals surface area contributed by atoms with E-state index in [2.05, 4.69) is 31.0 Å². The van der Waals surface area contributed by atoms with Gasteiger partial charge in [-0.2, -0.15) is 0 Å². The SMILES string of the molecule is C[C@]12CCC(F)(F)CC1CC[C@@H]1[C@@H]2CC[C@]2(C)C(c3cccnc3)=CC[C@@H]12. The van der Waals surface area contributed by atoms with Gasteiger partial charge >= 0.3 is 0 Å². The summed E-state index contributed by atoms with van der Waals surface area (Å²) in [6.07, 6.45) is 13.0. The van der Waals surface area contributed by atoms with Crippen LogP contribution in [0.3, 0.4) is 0 Å². The third kappa shape index (κ3) is 2.56. The average molecular weight is 372 g/mol. The molecule has 146 valence electrons. The Morgan fingerprint density at radius 2 is 1.89 bits per heavy atom. The van der Waals surface area contributed by atoms with Crippen LogP contribution in [0.25, 0.3) is 5.57 Å². The molecular formula is C24H31F2N. The number of pyridine rings is 1. The van der Waals surface area contributed by atoms with Crippen molar-refractivity contribution < 1.29 is 8.78 Å². The van der Waals surface area contributed by atoms with Gasteiger partial charge in [-0.3, -0.25) is 4.98 Å². The van der Waals surface area contributed by atoms with Crippen molar-refractivity contribution in [3.63, 3.8) is 0 Å². The number of nitrogens with zero attached hydrogens (tertiary/aromatic N) is 1. The van der Waals surface area contributed by atoms with Crippen LogP contribution in [-0.2, 0) is 0 Å². The van der Waals surface area contributed by atoms with Crippen molar-refractivity contribution >= 4 is 5.57 Å². The number of rotatable bonds is 1. The van der Waals surface area contributed by atoms with Crippen LogP contribution in [0, 0.1) is 34.5 Å². The van der Waals surface area contributed by atoms with Crippen LogP contribution in [0.2, 0.25) is 0 Å². The first-order valence-electron chi connectivity index (χ1n) is 10.8. The molecule has 5 rings (SSSR count). The lowest BCUT2D eigenvalue weighted by Crippen LogP contribution is -2.54. The Hall–Kier alpha value is -1.25. The molecule has 4 aliphatic carbocycles. The van der Waals surface area contributed by atoms with Crippen LogP contribution in [0.1, 0.15) is 70.8 Å². The van der Waals surface area contributed by atoms with E-state index in [0.29, 0.717) is 17.8 Å². The fourth-order valence-corrected chi connectivity index (χ4v) is 7.71. The van der Waals surface area contributed by atoms with Crippen molar-refractivity contribution in [2.45, 2.75) is 71.1 Å². The number of fused-ring (bicyclic) bond motifs is 5. The van der Waals surface area contributed by atoms with Gasteiger partial charge in [-0.1, -0.05) is 26.0 Å². The summed E-state index contributed by atoms with van der Waals surface area (Å²) in [7, 11) is 0. The highest BCUT2D eigenvalue weighted by molar-refractivity contribution is 5.72. The van der Waals surface area contributed by atoms with Gasteiger partial charge in [0, 0.05) is 25.2 Å². The Bertz CT molecular complexity index is 757. The van der Waals surface area contributed by atoms with E-state index in [-0.39, 0.29) is 29.6 Å². The summed E-state index contributed by atoms with van der Waals surface area (Å²) in [6, 6.07) is 4.23. The molecular weight excluding hydrogens is 340 g/mol. The molecule has 0 N–H and O–H groups in total. The minimum atomic E-state index is -2.43. The Labute approximate surface area is 161 Å². The Morgan fingerprint density at radius 1 is 1.04 bits per heavy atom. The molecule has 3 heteroatoms. The van der Waals surface area contributed by atoms with Crippen LogP contribution in [0.4, 0.5) is 8.78 Å². The van der Waals surface area contributed by atoms with Gasteiger partial charge in [0.2, 0.25) is 5.92 Å². The van der Waals surface area contributed by atoms with Gasteiger partial charge in [0.25, 0.3) is 0 Å². The Kier molecular flexibility index (Phi) is 3.88. The molecule has 1 aromatic rings. The number of hydrogen-bond donors (Lipinski definition) is 0. The molecule has 4 aliphatic rings. The highest BCUT2D eigenvalue weighted by Crippen LogP contribution is 2.68. The summed E-state index contributed by atoms with van der Waals surface area (Å²) in [5.41, 5.74) is 3.12. The molecule has 0 bridgehead atoms. The quantitative estimate of drug-likeness (QED) is 0.532. The minimum Gasteiger partial charge on any atom is -0.264 e. The normalized spacial score (nSPS) is 45.4. The zero-order valence-corrected chi connectivity index (χ0v) is 16.6. The van der Waals surface area contributed by atoms with E-state index >= 15 is 0 Å². The lowest BCUT2D eigenvalue weighted by atomic mass is 9.44. The van der Waals surface area contributed by atoms with Gasteiger partial charge < -0.3 is 0 Å². The maximum Gasteiger partial charge on any atom is 0.248 e.